The van der Waals surface area contributed by atoms with E-state index in [0.29, 0.717) is 18.0 Å². The number of aromatic nitrogens is 1. The van der Waals surface area contributed by atoms with Gasteiger partial charge in [-0.2, -0.15) is 8.78 Å². The van der Waals surface area contributed by atoms with Gasteiger partial charge in [0.05, 0.1) is 17.3 Å². The van der Waals surface area contributed by atoms with Crippen molar-refractivity contribution in [2.45, 2.75) is 53.2 Å². The van der Waals surface area contributed by atoms with Crippen molar-refractivity contribution in [2.75, 3.05) is 13.7 Å². The molecule has 154 valence electrons. The maximum atomic E-state index is 12.8. The Labute approximate surface area is 168 Å². The lowest BCUT2D eigenvalue weighted by Crippen LogP contribution is -2.26. The molecule has 28 heavy (non-hydrogen) atoms. The predicted octanol–water partition coefficient (Wildman–Crippen LogP) is 5.07. The van der Waals surface area contributed by atoms with Crippen LogP contribution in [-0.2, 0) is 13.0 Å². The zero-order chi connectivity index (χ0) is 20.7. The molecule has 0 saturated heterocycles. The van der Waals surface area contributed by atoms with E-state index in [0.717, 1.165) is 35.5 Å². The number of ether oxygens (including phenoxy) is 2. The van der Waals surface area contributed by atoms with Gasteiger partial charge in [0.25, 0.3) is 5.91 Å². The molecule has 1 aromatic heterocycles. The van der Waals surface area contributed by atoms with Crippen LogP contribution in [0, 0.1) is 6.92 Å². The maximum absolute atomic E-state index is 12.8. The number of carbonyl (C=O) groups excluding carboxylic acids is 1. The molecule has 0 fully saturated rings. The van der Waals surface area contributed by atoms with Gasteiger partial charge in [0.1, 0.15) is 4.88 Å². The molecule has 0 bridgehead atoms. The van der Waals surface area contributed by atoms with E-state index >= 15 is 0 Å². The highest BCUT2D eigenvalue weighted by molar-refractivity contribution is 7.13. The van der Waals surface area contributed by atoms with Crippen LogP contribution >= 0.6 is 11.3 Å². The van der Waals surface area contributed by atoms with Gasteiger partial charge >= 0.3 is 6.61 Å². The first-order chi connectivity index (χ1) is 13.3. The van der Waals surface area contributed by atoms with Crippen LogP contribution in [0.3, 0.4) is 0 Å². The fourth-order valence-electron chi connectivity index (χ4n) is 2.72. The normalized spacial score (nSPS) is 11.0. The highest BCUT2D eigenvalue weighted by Gasteiger charge is 2.20. The molecule has 0 saturated carbocycles. The largest absolute Gasteiger partial charge is 0.490 e. The molecule has 1 heterocycles. The number of thiazole rings is 1. The standard InChI is InChI=1S/C20H26F2N2O3S/c1-5-7-8-17-23-13(3)18(28-17)19(25)24(4)12-14-9-10-15(27-20(21)22)16(11-14)26-6-2/h9-11,20H,5-8,12H2,1-4H3. The van der Waals surface area contributed by atoms with Crippen molar-refractivity contribution in [2.24, 2.45) is 0 Å². The first-order valence-electron chi connectivity index (χ1n) is 9.28. The van der Waals surface area contributed by atoms with Gasteiger partial charge in [-0.15, -0.1) is 11.3 Å². The zero-order valence-electron chi connectivity index (χ0n) is 16.6. The molecular weight excluding hydrogens is 386 g/mol. The van der Waals surface area contributed by atoms with Gasteiger partial charge in [0.2, 0.25) is 0 Å². The second kappa shape index (κ2) is 10.4. The number of alkyl halides is 2. The Balaban J connectivity index is 2.13. The highest BCUT2D eigenvalue weighted by Crippen LogP contribution is 2.30. The Morgan fingerprint density at radius 1 is 1.29 bits per heavy atom. The average molecular weight is 413 g/mol. The molecule has 1 amide bonds. The summed E-state index contributed by atoms with van der Waals surface area (Å²) in [5.41, 5.74) is 1.50. The smallest absolute Gasteiger partial charge is 0.387 e. The number of carbonyl (C=O) groups is 1. The monoisotopic (exact) mass is 412 g/mol. The summed E-state index contributed by atoms with van der Waals surface area (Å²) in [7, 11) is 1.71. The molecule has 0 radical (unpaired) electrons. The Bertz CT molecular complexity index is 796. The lowest BCUT2D eigenvalue weighted by atomic mass is 10.2. The number of aryl methyl sites for hydroxylation is 2. The summed E-state index contributed by atoms with van der Waals surface area (Å²) >= 11 is 1.44. The first-order valence-corrected chi connectivity index (χ1v) is 10.1. The third kappa shape index (κ3) is 5.89. The number of amides is 1. The number of unbranched alkanes of at least 4 members (excludes halogenated alkanes) is 1. The minimum Gasteiger partial charge on any atom is -0.490 e. The summed E-state index contributed by atoms with van der Waals surface area (Å²) in [5.74, 6) is 0.106. The lowest BCUT2D eigenvalue weighted by molar-refractivity contribution is -0.0514. The third-order valence-corrected chi connectivity index (χ3v) is 5.27. The minimum absolute atomic E-state index is 0.0200. The quantitative estimate of drug-likeness (QED) is 0.547. The fourth-order valence-corrected chi connectivity index (χ4v) is 3.82. The Hall–Kier alpha value is -2.22. The third-order valence-electron chi connectivity index (χ3n) is 4.07. The number of nitrogens with zero attached hydrogens (tertiary/aromatic N) is 2. The molecule has 0 aliphatic carbocycles. The van der Waals surface area contributed by atoms with Crippen LogP contribution < -0.4 is 9.47 Å². The van der Waals surface area contributed by atoms with E-state index in [1.165, 1.54) is 17.4 Å². The van der Waals surface area contributed by atoms with Gasteiger partial charge < -0.3 is 14.4 Å². The molecule has 2 rings (SSSR count). The number of hydrogen-bond acceptors (Lipinski definition) is 5. The molecule has 0 aliphatic rings. The van der Waals surface area contributed by atoms with Crippen LogP contribution in [0.1, 0.15) is 52.6 Å². The summed E-state index contributed by atoms with van der Waals surface area (Å²) < 4.78 is 34.9. The lowest BCUT2D eigenvalue weighted by Gasteiger charge is -2.18. The average Bonchev–Trinajstić information content (AvgIpc) is 3.01. The van der Waals surface area contributed by atoms with Crippen molar-refractivity contribution in [3.63, 3.8) is 0 Å². The molecule has 5 nitrogen and oxygen atoms in total. The second-order valence-electron chi connectivity index (χ2n) is 6.38. The van der Waals surface area contributed by atoms with Crippen LogP contribution in [-0.4, -0.2) is 36.1 Å². The minimum atomic E-state index is -2.93. The van der Waals surface area contributed by atoms with Crippen LogP contribution in [0.2, 0.25) is 0 Å². The van der Waals surface area contributed by atoms with Crippen LogP contribution in [0.4, 0.5) is 8.78 Å². The van der Waals surface area contributed by atoms with Crippen molar-refractivity contribution in [3.8, 4) is 11.5 Å². The van der Waals surface area contributed by atoms with E-state index in [9.17, 15) is 13.6 Å². The van der Waals surface area contributed by atoms with E-state index in [1.54, 1.807) is 31.0 Å². The SMILES string of the molecule is CCCCc1nc(C)c(C(=O)N(C)Cc2ccc(OC(F)F)c(OCC)c2)s1. The van der Waals surface area contributed by atoms with E-state index in [-0.39, 0.29) is 17.4 Å². The van der Waals surface area contributed by atoms with Gasteiger partial charge in [-0.1, -0.05) is 19.4 Å². The molecule has 0 atom stereocenters. The Morgan fingerprint density at radius 2 is 2.04 bits per heavy atom. The van der Waals surface area contributed by atoms with Crippen molar-refractivity contribution in [3.05, 3.63) is 39.3 Å². The molecule has 0 N–H and O–H groups in total. The predicted molar refractivity (Wildman–Crippen MR) is 106 cm³/mol. The van der Waals surface area contributed by atoms with Crippen LogP contribution in [0.15, 0.2) is 18.2 Å². The molecular formula is C20H26F2N2O3S. The molecule has 0 aliphatic heterocycles. The van der Waals surface area contributed by atoms with Crippen molar-refractivity contribution in [1.82, 2.24) is 9.88 Å². The summed E-state index contributed by atoms with van der Waals surface area (Å²) in [4.78, 5) is 19.5. The van der Waals surface area contributed by atoms with E-state index in [1.807, 2.05) is 6.92 Å². The van der Waals surface area contributed by atoms with Gasteiger partial charge in [-0.25, -0.2) is 4.98 Å². The summed E-state index contributed by atoms with van der Waals surface area (Å²) in [6.45, 7) is 3.43. The molecule has 0 unspecified atom stereocenters. The molecule has 8 heteroatoms. The van der Waals surface area contributed by atoms with Gasteiger partial charge in [-0.05, 0) is 44.4 Å². The molecule has 2 aromatic rings. The Kier molecular flexibility index (Phi) is 8.17. The van der Waals surface area contributed by atoms with Crippen molar-refractivity contribution in [1.29, 1.82) is 0 Å². The van der Waals surface area contributed by atoms with Gasteiger partial charge in [-0.3, -0.25) is 4.79 Å². The number of hydrogen-bond donors (Lipinski definition) is 0. The maximum Gasteiger partial charge on any atom is 0.387 e. The van der Waals surface area contributed by atoms with Crippen molar-refractivity contribution >= 4 is 17.2 Å². The van der Waals surface area contributed by atoms with Crippen LogP contribution in [0.25, 0.3) is 0 Å². The van der Waals surface area contributed by atoms with Crippen molar-refractivity contribution < 1.29 is 23.0 Å². The molecule has 0 spiro atoms. The Morgan fingerprint density at radius 3 is 2.68 bits per heavy atom. The van der Waals surface area contributed by atoms with E-state index in [2.05, 4.69) is 16.6 Å². The summed E-state index contributed by atoms with van der Waals surface area (Å²) in [5, 5.41) is 0.975. The number of halogens is 2. The topological polar surface area (TPSA) is 51.7 Å². The molecule has 1 aromatic carbocycles. The van der Waals surface area contributed by atoms with Crippen LogP contribution in [0.5, 0.6) is 11.5 Å². The zero-order valence-corrected chi connectivity index (χ0v) is 17.4. The summed E-state index contributed by atoms with van der Waals surface area (Å²) in [6.07, 6.45) is 3.00. The number of benzene rings is 1. The van der Waals surface area contributed by atoms with E-state index < -0.39 is 6.61 Å². The number of rotatable bonds is 10. The van der Waals surface area contributed by atoms with Gasteiger partial charge in [0.15, 0.2) is 11.5 Å². The summed E-state index contributed by atoms with van der Waals surface area (Å²) in [6, 6.07) is 4.71. The van der Waals surface area contributed by atoms with Gasteiger partial charge in [0, 0.05) is 13.6 Å². The van der Waals surface area contributed by atoms with E-state index in [4.69, 9.17) is 4.74 Å². The second-order valence-corrected chi connectivity index (χ2v) is 7.46. The highest BCUT2D eigenvalue weighted by atomic mass is 32.1. The first kappa shape index (κ1) is 22.1. The fraction of sp³-hybridized carbons (Fsp3) is 0.500.